The van der Waals surface area contributed by atoms with Gasteiger partial charge in [0.2, 0.25) is 0 Å². The molecule has 0 bridgehead atoms. The fourth-order valence-corrected chi connectivity index (χ4v) is 3.00. The van der Waals surface area contributed by atoms with E-state index >= 15 is 0 Å². The van der Waals surface area contributed by atoms with Gasteiger partial charge >= 0.3 is 0 Å². The summed E-state index contributed by atoms with van der Waals surface area (Å²) in [6.45, 7) is 0.882. The molecule has 5 heteroatoms. The number of aryl methyl sites for hydroxylation is 1. The first kappa shape index (κ1) is 12.8. The van der Waals surface area contributed by atoms with E-state index in [0.717, 1.165) is 30.6 Å². The Balaban J connectivity index is 2.15. The molecule has 20 heavy (non-hydrogen) atoms. The van der Waals surface area contributed by atoms with E-state index in [9.17, 15) is 4.39 Å². The lowest BCUT2D eigenvalue weighted by molar-refractivity contribution is 0.443. The number of nitriles is 1. The monoisotopic (exact) mass is 270 g/mol. The summed E-state index contributed by atoms with van der Waals surface area (Å²) < 4.78 is 15.9. The van der Waals surface area contributed by atoms with Gasteiger partial charge in [-0.2, -0.15) is 5.26 Å². The minimum atomic E-state index is -0.472. The molecule has 1 aliphatic heterocycles. The van der Waals surface area contributed by atoms with Crippen molar-refractivity contribution in [2.75, 3.05) is 6.54 Å². The molecule has 2 aromatic rings. The third kappa shape index (κ3) is 1.81. The number of halogens is 1. The van der Waals surface area contributed by atoms with E-state index < -0.39 is 11.4 Å². The van der Waals surface area contributed by atoms with E-state index in [-0.39, 0.29) is 5.56 Å². The third-order valence-corrected chi connectivity index (χ3v) is 3.99. The number of imidazole rings is 1. The molecule has 0 spiro atoms. The van der Waals surface area contributed by atoms with Crippen LogP contribution in [-0.2, 0) is 12.6 Å². The number of hydrogen-bond donors (Lipinski definition) is 1. The lowest BCUT2D eigenvalue weighted by Gasteiger charge is -2.30. The fraction of sp³-hybridized carbons (Fsp3) is 0.333. The maximum atomic E-state index is 13.9. The first-order chi connectivity index (χ1) is 9.67. The van der Waals surface area contributed by atoms with Gasteiger partial charge in [-0.1, -0.05) is 6.07 Å². The summed E-state index contributed by atoms with van der Waals surface area (Å²) in [6.07, 6.45) is 5.47. The van der Waals surface area contributed by atoms with Gasteiger partial charge in [-0.25, -0.2) is 9.37 Å². The zero-order valence-corrected chi connectivity index (χ0v) is 11.2. The Morgan fingerprint density at radius 1 is 1.50 bits per heavy atom. The summed E-state index contributed by atoms with van der Waals surface area (Å²) in [4.78, 5) is 4.17. The second-order valence-electron chi connectivity index (χ2n) is 5.13. The molecule has 1 saturated heterocycles. The summed E-state index contributed by atoms with van der Waals surface area (Å²) in [6, 6.07) is 6.69. The van der Waals surface area contributed by atoms with Gasteiger partial charge < -0.3 is 9.88 Å². The van der Waals surface area contributed by atoms with Crippen molar-refractivity contribution < 1.29 is 4.39 Å². The molecule has 2 heterocycles. The van der Waals surface area contributed by atoms with Crippen molar-refractivity contribution in [2.24, 2.45) is 7.05 Å². The van der Waals surface area contributed by atoms with Crippen LogP contribution in [0.5, 0.6) is 0 Å². The van der Waals surface area contributed by atoms with Gasteiger partial charge in [0.25, 0.3) is 0 Å². The normalized spacial score (nSPS) is 21.9. The van der Waals surface area contributed by atoms with Gasteiger partial charge in [-0.3, -0.25) is 0 Å². The van der Waals surface area contributed by atoms with Crippen molar-refractivity contribution in [3.8, 4) is 6.07 Å². The Hall–Kier alpha value is -2.19. The van der Waals surface area contributed by atoms with Crippen LogP contribution < -0.4 is 5.32 Å². The van der Waals surface area contributed by atoms with E-state index in [4.69, 9.17) is 5.26 Å². The van der Waals surface area contributed by atoms with E-state index in [2.05, 4.69) is 10.3 Å². The quantitative estimate of drug-likeness (QED) is 0.908. The van der Waals surface area contributed by atoms with Gasteiger partial charge in [0.15, 0.2) is 0 Å². The molecule has 0 radical (unpaired) electrons. The van der Waals surface area contributed by atoms with Crippen LogP contribution in [0.25, 0.3) is 0 Å². The van der Waals surface area contributed by atoms with Gasteiger partial charge in [0.05, 0.1) is 29.3 Å². The van der Waals surface area contributed by atoms with Gasteiger partial charge in [-0.05, 0) is 37.1 Å². The van der Waals surface area contributed by atoms with E-state index in [1.165, 1.54) is 6.07 Å². The molecule has 1 aliphatic rings. The smallest absolute Gasteiger partial charge is 0.141 e. The van der Waals surface area contributed by atoms with Crippen molar-refractivity contribution in [2.45, 2.75) is 18.4 Å². The van der Waals surface area contributed by atoms with Crippen LogP contribution >= 0.6 is 0 Å². The number of rotatable bonds is 2. The number of benzene rings is 1. The minimum absolute atomic E-state index is 0.0758. The SMILES string of the molecule is Cn1cncc1C1(c2ccc(C#N)c(F)c2)CCCN1. The molecule has 0 saturated carbocycles. The van der Waals surface area contributed by atoms with Crippen molar-refractivity contribution in [1.82, 2.24) is 14.9 Å². The highest BCUT2D eigenvalue weighted by Gasteiger charge is 2.39. The van der Waals surface area contributed by atoms with E-state index in [1.54, 1.807) is 12.4 Å². The van der Waals surface area contributed by atoms with Crippen molar-refractivity contribution in [3.63, 3.8) is 0 Å². The molecule has 3 rings (SSSR count). The van der Waals surface area contributed by atoms with Crippen LogP contribution in [0.1, 0.15) is 29.7 Å². The average molecular weight is 270 g/mol. The molecule has 1 aromatic carbocycles. The Morgan fingerprint density at radius 3 is 2.90 bits per heavy atom. The van der Waals surface area contributed by atoms with E-state index in [1.807, 2.05) is 29.9 Å². The first-order valence-electron chi connectivity index (χ1n) is 6.59. The van der Waals surface area contributed by atoms with Crippen LogP contribution in [-0.4, -0.2) is 16.1 Å². The van der Waals surface area contributed by atoms with Crippen LogP contribution in [0.4, 0.5) is 4.39 Å². The van der Waals surface area contributed by atoms with Crippen LogP contribution in [0, 0.1) is 17.1 Å². The molecular weight excluding hydrogens is 255 g/mol. The maximum absolute atomic E-state index is 13.9. The Kier molecular flexibility index (Phi) is 3.03. The summed E-state index contributed by atoms with van der Waals surface area (Å²) in [5.41, 5.74) is 1.51. The average Bonchev–Trinajstić information content (AvgIpc) is 3.08. The first-order valence-corrected chi connectivity index (χ1v) is 6.59. The number of aromatic nitrogens is 2. The van der Waals surface area contributed by atoms with Crippen molar-refractivity contribution >= 4 is 0 Å². The Morgan fingerprint density at radius 2 is 2.35 bits per heavy atom. The third-order valence-electron chi connectivity index (χ3n) is 3.99. The highest BCUT2D eigenvalue weighted by Crippen LogP contribution is 2.37. The molecule has 4 nitrogen and oxygen atoms in total. The largest absolute Gasteiger partial charge is 0.336 e. The molecule has 1 atom stereocenters. The summed E-state index contributed by atoms with van der Waals surface area (Å²) >= 11 is 0. The Labute approximate surface area is 116 Å². The summed E-state index contributed by atoms with van der Waals surface area (Å²) in [7, 11) is 1.93. The summed E-state index contributed by atoms with van der Waals surface area (Å²) in [5, 5.41) is 12.3. The molecule has 102 valence electrons. The number of hydrogen-bond acceptors (Lipinski definition) is 3. The minimum Gasteiger partial charge on any atom is -0.336 e. The standard InChI is InChI=1S/C15H15FN4/c1-20-10-18-9-14(20)15(5-2-6-19-15)12-4-3-11(8-17)13(16)7-12/h3-4,7,9-10,19H,2,5-6H2,1H3. The predicted molar refractivity (Wildman–Crippen MR) is 72.3 cm³/mol. The van der Waals surface area contributed by atoms with E-state index in [0.29, 0.717) is 0 Å². The molecule has 1 fully saturated rings. The number of nitrogens with one attached hydrogen (secondary N) is 1. The molecule has 1 N–H and O–H groups in total. The van der Waals surface area contributed by atoms with Crippen molar-refractivity contribution in [3.05, 3.63) is 53.4 Å². The lowest BCUT2D eigenvalue weighted by Crippen LogP contribution is -2.39. The van der Waals surface area contributed by atoms with Crippen LogP contribution in [0.15, 0.2) is 30.7 Å². The predicted octanol–water partition coefficient (Wildman–Crippen LogP) is 2.06. The second kappa shape index (κ2) is 4.73. The van der Waals surface area contributed by atoms with Crippen molar-refractivity contribution in [1.29, 1.82) is 5.26 Å². The highest BCUT2D eigenvalue weighted by molar-refractivity contribution is 5.41. The Bertz CT molecular complexity index is 677. The van der Waals surface area contributed by atoms with Crippen LogP contribution in [0.3, 0.4) is 0 Å². The second-order valence-corrected chi connectivity index (χ2v) is 5.13. The molecule has 0 aliphatic carbocycles. The van der Waals surface area contributed by atoms with Gasteiger partial charge in [0.1, 0.15) is 11.9 Å². The highest BCUT2D eigenvalue weighted by atomic mass is 19.1. The van der Waals surface area contributed by atoms with Gasteiger partial charge in [-0.15, -0.1) is 0 Å². The number of nitrogens with zero attached hydrogens (tertiary/aromatic N) is 3. The molecule has 1 aromatic heterocycles. The molecular formula is C15H15FN4. The lowest BCUT2D eigenvalue weighted by atomic mass is 9.85. The van der Waals surface area contributed by atoms with Gasteiger partial charge in [0, 0.05) is 7.05 Å². The molecule has 1 unspecified atom stereocenters. The molecule has 0 amide bonds. The zero-order chi connectivity index (χ0) is 14.2. The maximum Gasteiger partial charge on any atom is 0.141 e. The summed E-state index contributed by atoms with van der Waals surface area (Å²) in [5.74, 6) is -0.472. The zero-order valence-electron chi connectivity index (χ0n) is 11.2. The topological polar surface area (TPSA) is 53.6 Å². The fourth-order valence-electron chi connectivity index (χ4n) is 3.00. The van der Waals surface area contributed by atoms with Crippen LogP contribution in [0.2, 0.25) is 0 Å².